The second-order valence-electron chi connectivity index (χ2n) is 6.07. The molecule has 2 N–H and O–H groups in total. The lowest BCUT2D eigenvalue weighted by Crippen LogP contribution is -2.48. The van der Waals surface area contributed by atoms with Crippen LogP contribution >= 0.6 is 0 Å². The first kappa shape index (κ1) is 13.4. The summed E-state index contributed by atoms with van der Waals surface area (Å²) in [4.78, 5) is 2.79. The molecule has 3 unspecified atom stereocenters. The zero-order chi connectivity index (χ0) is 12.1. The van der Waals surface area contributed by atoms with Crippen LogP contribution in [0.1, 0.15) is 64.7 Å². The fourth-order valence-electron chi connectivity index (χ4n) is 3.87. The maximum Gasteiger partial charge on any atom is 0.0221 e. The van der Waals surface area contributed by atoms with E-state index >= 15 is 0 Å². The minimum atomic E-state index is 0.679. The molecule has 1 aliphatic heterocycles. The van der Waals surface area contributed by atoms with Gasteiger partial charge in [-0.3, -0.25) is 4.90 Å². The number of rotatable bonds is 3. The highest BCUT2D eigenvalue weighted by molar-refractivity contribution is 4.86. The molecule has 2 aliphatic rings. The summed E-state index contributed by atoms with van der Waals surface area (Å²) >= 11 is 0. The molecular formula is C15H30N2. The van der Waals surface area contributed by atoms with Gasteiger partial charge in [-0.25, -0.2) is 0 Å². The molecule has 2 rings (SSSR count). The van der Waals surface area contributed by atoms with E-state index in [1.165, 1.54) is 64.3 Å². The molecule has 2 heteroatoms. The van der Waals surface area contributed by atoms with E-state index in [2.05, 4.69) is 11.8 Å². The number of nitrogens with two attached hydrogens (primary N) is 1. The molecule has 1 saturated carbocycles. The molecule has 1 saturated heterocycles. The summed E-state index contributed by atoms with van der Waals surface area (Å²) in [5.41, 5.74) is 6.00. The quantitative estimate of drug-likeness (QED) is 0.818. The van der Waals surface area contributed by atoms with E-state index in [0.29, 0.717) is 6.04 Å². The fraction of sp³-hybridized carbons (Fsp3) is 1.00. The van der Waals surface area contributed by atoms with Gasteiger partial charge in [0.25, 0.3) is 0 Å². The average Bonchev–Trinajstić information content (AvgIpc) is 2.63. The van der Waals surface area contributed by atoms with Gasteiger partial charge in [-0.15, -0.1) is 0 Å². The van der Waals surface area contributed by atoms with Gasteiger partial charge in [0.2, 0.25) is 0 Å². The van der Waals surface area contributed by atoms with Crippen molar-refractivity contribution in [2.45, 2.75) is 76.8 Å². The Morgan fingerprint density at radius 2 is 1.94 bits per heavy atom. The van der Waals surface area contributed by atoms with Crippen molar-refractivity contribution in [3.8, 4) is 0 Å². The Bertz CT molecular complexity index is 217. The largest absolute Gasteiger partial charge is 0.329 e. The Morgan fingerprint density at radius 3 is 2.71 bits per heavy atom. The minimum Gasteiger partial charge on any atom is -0.329 e. The summed E-state index contributed by atoms with van der Waals surface area (Å²) in [6.07, 6.45) is 12.7. The first-order chi connectivity index (χ1) is 8.35. The molecule has 0 radical (unpaired) electrons. The first-order valence-corrected chi connectivity index (χ1v) is 7.81. The second-order valence-corrected chi connectivity index (χ2v) is 6.07. The highest BCUT2D eigenvalue weighted by atomic mass is 15.2. The Morgan fingerprint density at radius 1 is 1.06 bits per heavy atom. The number of likely N-dealkylation sites (tertiary alicyclic amines) is 1. The van der Waals surface area contributed by atoms with Crippen LogP contribution in [0.25, 0.3) is 0 Å². The smallest absolute Gasteiger partial charge is 0.0221 e. The van der Waals surface area contributed by atoms with Crippen LogP contribution in [0.4, 0.5) is 0 Å². The van der Waals surface area contributed by atoms with Gasteiger partial charge < -0.3 is 5.73 Å². The van der Waals surface area contributed by atoms with E-state index in [1.54, 1.807) is 0 Å². The molecular weight excluding hydrogens is 208 g/mol. The third-order valence-corrected chi connectivity index (χ3v) is 5.00. The lowest BCUT2D eigenvalue weighted by Gasteiger charge is -2.41. The molecule has 1 heterocycles. The zero-order valence-electron chi connectivity index (χ0n) is 11.5. The highest BCUT2D eigenvalue weighted by Gasteiger charge is 2.30. The molecule has 0 aromatic rings. The molecule has 100 valence electrons. The summed E-state index contributed by atoms with van der Waals surface area (Å²) in [5.74, 6) is 0.982. The molecule has 0 spiro atoms. The summed E-state index contributed by atoms with van der Waals surface area (Å²) in [5, 5.41) is 0. The molecule has 0 amide bonds. The van der Waals surface area contributed by atoms with Crippen LogP contribution in [0.15, 0.2) is 0 Å². The summed E-state index contributed by atoms with van der Waals surface area (Å²) in [6.45, 7) is 4.53. The van der Waals surface area contributed by atoms with Crippen LogP contribution in [-0.4, -0.2) is 30.1 Å². The Labute approximate surface area is 107 Å². The van der Waals surface area contributed by atoms with E-state index in [4.69, 9.17) is 5.73 Å². The van der Waals surface area contributed by atoms with Crippen LogP contribution < -0.4 is 5.73 Å². The van der Waals surface area contributed by atoms with Crippen molar-refractivity contribution < 1.29 is 0 Å². The molecule has 2 nitrogen and oxygen atoms in total. The maximum atomic E-state index is 6.00. The first-order valence-electron chi connectivity index (χ1n) is 7.81. The van der Waals surface area contributed by atoms with Crippen LogP contribution in [0.2, 0.25) is 0 Å². The predicted octanol–water partition coefficient (Wildman–Crippen LogP) is 3.16. The van der Waals surface area contributed by atoms with Crippen molar-refractivity contribution in [3.63, 3.8) is 0 Å². The summed E-state index contributed by atoms with van der Waals surface area (Å²) < 4.78 is 0. The predicted molar refractivity (Wildman–Crippen MR) is 74.1 cm³/mol. The van der Waals surface area contributed by atoms with Crippen LogP contribution in [0.3, 0.4) is 0 Å². The van der Waals surface area contributed by atoms with E-state index in [0.717, 1.165) is 18.5 Å². The van der Waals surface area contributed by atoms with Gasteiger partial charge in [0.05, 0.1) is 0 Å². The van der Waals surface area contributed by atoms with Gasteiger partial charge in [0, 0.05) is 18.6 Å². The van der Waals surface area contributed by atoms with Crippen LogP contribution in [0, 0.1) is 5.92 Å². The molecule has 17 heavy (non-hydrogen) atoms. The van der Waals surface area contributed by atoms with E-state index in [1.807, 2.05) is 0 Å². The van der Waals surface area contributed by atoms with Gasteiger partial charge in [-0.05, 0) is 38.1 Å². The monoisotopic (exact) mass is 238 g/mol. The standard InChI is InChI=1S/C15H30N2/c1-2-13-7-6-9-14(11-13)17-10-5-3-4-8-15(17)12-16/h13-15H,2-12,16H2,1H3. The lowest BCUT2D eigenvalue weighted by atomic mass is 9.83. The normalized spacial score (nSPS) is 36.7. The molecule has 0 bridgehead atoms. The molecule has 3 atom stereocenters. The summed E-state index contributed by atoms with van der Waals surface area (Å²) in [6, 6.07) is 1.53. The number of nitrogens with zero attached hydrogens (tertiary/aromatic N) is 1. The molecule has 0 aromatic carbocycles. The Balaban J connectivity index is 1.96. The van der Waals surface area contributed by atoms with Crippen molar-refractivity contribution in [1.82, 2.24) is 4.90 Å². The second kappa shape index (κ2) is 6.75. The number of hydrogen-bond donors (Lipinski definition) is 1. The van der Waals surface area contributed by atoms with Gasteiger partial charge in [0.1, 0.15) is 0 Å². The maximum absolute atomic E-state index is 6.00. The van der Waals surface area contributed by atoms with Crippen molar-refractivity contribution in [3.05, 3.63) is 0 Å². The van der Waals surface area contributed by atoms with E-state index in [-0.39, 0.29) is 0 Å². The molecule has 0 aromatic heterocycles. The average molecular weight is 238 g/mol. The topological polar surface area (TPSA) is 29.3 Å². The SMILES string of the molecule is CCC1CCCC(N2CCCCCC2CN)C1. The fourth-order valence-corrected chi connectivity index (χ4v) is 3.87. The minimum absolute atomic E-state index is 0.679. The zero-order valence-corrected chi connectivity index (χ0v) is 11.5. The van der Waals surface area contributed by atoms with Crippen molar-refractivity contribution in [2.24, 2.45) is 11.7 Å². The molecule has 2 fully saturated rings. The van der Waals surface area contributed by atoms with E-state index in [9.17, 15) is 0 Å². The van der Waals surface area contributed by atoms with Crippen LogP contribution in [0.5, 0.6) is 0 Å². The number of hydrogen-bond acceptors (Lipinski definition) is 2. The Hall–Kier alpha value is -0.0800. The summed E-state index contributed by atoms with van der Waals surface area (Å²) in [7, 11) is 0. The van der Waals surface area contributed by atoms with Gasteiger partial charge in [-0.1, -0.05) is 39.0 Å². The van der Waals surface area contributed by atoms with Gasteiger partial charge in [0.15, 0.2) is 0 Å². The van der Waals surface area contributed by atoms with Gasteiger partial charge >= 0.3 is 0 Å². The van der Waals surface area contributed by atoms with Crippen LogP contribution in [-0.2, 0) is 0 Å². The third-order valence-electron chi connectivity index (χ3n) is 5.00. The van der Waals surface area contributed by atoms with E-state index < -0.39 is 0 Å². The van der Waals surface area contributed by atoms with Crippen molar-refractivity contribution >= 4 is 0 Å². The highest BCUT2D eigenvalue weighted by Crippen LogP contribution is 2.32. The van der Waals surface area contributed by atoms with Gasteiger partial charge in [-0.2, -0.15) is 0 Å². The third kappa shape index (κ3) is 3.45. The molecule has 1 aliphatic carbocycles. The van der Waals surface area contributed by atoms with Crippen molar-refractivity contribution in [1.29, 1.82) is 0 Å². The Kier molecular flexibility index (Phi) is 5.30. The van der Waals surface area contributed by atoms with Crippen molar-refractivity contribution in [2.75, 3.05) is 13.1 Å². The lowest BCUT2D eigenvalue weighted by molar-refractivity contribution is 0.0898.